The molecule has 0 amide bonds. The van der Waals surface area contributed by atoms with Crippen molar-refractivity contribution in [1.82, 2.24) is 9.88 Å². The molecule has 0 spiro atoms. The summed E-state index contributed by atoms with van der Waals surface area (Å²) < 4.78 is 6.13. The number of aliphatic hydroxyl groups is 1. The van der Waals surface area contributed by atoms with Gasteiger partial charge in [-0.05, 0) is 80.3 Å². The third-order valence-corrected chi connectivity index (χ3v) is 7.42. The molecule has 1 saturated heterocycles. The van der Waals surface area contributed by atoms with Gasteiger partial charge in [0.05, 0.1) is 11.3 Å². The van der Waals surface area contributed by atoms with E-state index in [1.54, 1.807) is 0 Å². The first-order valence-corrected chi connectivity index (χ1v) is 13.1. The molecule has 0 saturated carbocycles. The number of ether oxygens (including phenoxy) is 1. The van der Waals surface area contributed by atoms with Crippen LogP contribution in [0.3, 0.4) is 0 Å². The van der Waals surface area contributed by atoms with Crippen LogP contribution >= 0.6 is 11.6 Å². The van der Waals surface area contributed by atoms with Gasteiger partial charge in [0.15, 0.2) is 0 Å². The molecule has 188 valence electrons. The van der Waals surface area contributed by atoms with Crippen molar-refractivity contribution in [2.45, 2.75) is 39.4 Å². The fourth-order valence-corrected chi connectivity index (χ4v) is 5.36. The molecule has 0 aliphatic carbocycles. The van der Waals surface area contributed by atoms with Crippen LogP contribution in [-0.4, -0.2) is 47.7 Å². The zero-order valence-electron chi connectivity index (χ0n) is 21.3. The third-order valence-electron chi connectivity index (χ3n) is 7.19. The number of anilines is 1. The van der Waals surface area contributed by atoms with Gasteiger partial charge in [0.25, 0.3) is 0 Å². The van der Waals surface area contributed by atoms with Gasteiger partial charge >= 0.3 is 0 Å². The van der Waals surface area contributed by atoms with Crippen LogP contribution in [0, 0.1) is 6.92 Å². The Morgan fingerprint density at radius 3 is 2.61 bits per heavy atom. The molecule has 2 aliphatic rings. The third kappa shape index (κ3) is 5.29. The maximum Gasteiger partial charge on any atom is 0.131 e. The van der Waals surface area contributed by atoms with Crippen molar-refractivity contribution in [2.24, 2.45) is 0 Å². The van der Waals surface area contributed by atoms with Crippen molar-refractivity contribution < 1.29 is 9.84 Å². The van der Waals surface area contributed by atoms with E-state index in [0.717, 1.165) is 77.9 Å². The summed E-state index contributed by atoms with van der Waals surface area (Å²) >= 11 is 6.15. The maximum absolute atomic E-state index is 10.6. The first-order chi connectivity index (χ1) is 17.3. The first kappa shape index (κ1) is 24.8. The molecule has 1 fully saturated rings. The zero-order chi connectivity index (χ0) is 25.3. The summed E-state index contributed by atoms with van der Waals surface area (Å²) in [6, 6.07) is 16.2. The second kappa shape index (κ2) is 10.3. The number of aromatic nitrogens is 1. The van der Waals surface area contributed by atoms with Crippen LogP contribution in [0.5, 0.6) is 5.75 Å². The molecular weight excluding hydrogens is 470 g/mol. The van der Waals surface area contributed by atoms with Crippen LogP contribution < -0.4 is 9.64 Å². The van der Waals surface area contributed by atoms with E-state index in [-0.39, 0.29) is 0 Å². The molecule has 1 aromatic heterocycles. The van der Waals surface area contributed by atoms with Gasteiger partial charge in [0.1, 0.15) is 12.4 Å². The van der Waals surface area contributed by atoms with Gasteiger partial charge in [-0.25, -0.2) is 0 Å². The van der Waals surface area contributed by atoms with E-state index in [2.05, 4.69) is 46.0 Å². The van der Waals surface area contributed by atoms with Crippen molar-refractivity contribution in [1.29, 1.82) is 0 Å². The predicted molar refractivity (Wildman–Crippen MR) is 147 cm³/mol. The van der Waals surface area contributed by atoms with E-state index in [0.29, 0.717) is 6.61 Å². The highest BCUT2D eigenvalue weighted by Gasteiger charge is 2.24. The molecule has 3 heterocycles. The monoisotopic (exact) mass is 503 g/mol. The van der Waals surface area contributed by atoms with Gasteiger partial charge in [-0.3, -0.25) is 9.88 Å². The molecule has 0 radical (unpaired) electrons. The molecule has 5 rings (SSSR count). The lowest BCUT2D eigenvalue weighted by Crippen LogP contribution is -2.46. The largest absolute Gasteiger partial charge is 0.487 e. The Morgan fingerprint density at radius 2 is 1.86 bits per heavy atom. The van der Waals surface area contributed by atoms with Crippen LogP contribution in [0.2, 0.25) is 5.02 Å². The average molecular weight is 504 g/mol. The molecule has 5 nitrogen and oxygen atoms in total. The molecular formula is C30H34ClN3O2. The zero-order valence-corrected chi connectivity index (χ0v) is 22.1. The Kier molecular flexibility index (Phi) is 7.07. The highest BCUT2D eigenvalue weighted by Crippen LogP contribution is 2.38. The first-order valence-electron chi connectivity index (χ1n) is 12.7. The van der Waals surface area contributed by atoms with E-state index < -0.39 is 5.60 Å². The van der Waals surface area contributed by atoms with Crippen molar-refractivity contribution in [3.05, 3.63) is 93.8 Å². The molecule has 1 N–H and O–H groups in total. The van der Waals surface area contributed by atoms with Gasteiger partial charge < -0.3 is 14.7 Å². The Hall–Kier alpha value is -2.86. The summed E-state index contributed by atoms with van der Waals surface area (Å²) in [5.74, 6) is 0.833. The number of aryl methyl sites for hydroxylation is 1. The standard InChI is InChI=1S/C30H34ClN3O2/c1-21-18-23(31)9-10-28(21)34-16-14-33(15-17-34)13-5-7-24-25-6-4-12-32-27(25)20-36-29-11-8-22(19-26(24)29)30(2,3)35/h4,6-12,18-19,35H,5,13-17,20H2,1-3H3. The highest BCUT2D eigenvalue weighted by molar-refractivity contribution is 6.30. The van der Waals surface area contributed by atoms with Gasteiger partial charge in [0, 0.05) is 60.8 Å². The molecule has 0 unspecified atom stereocenters. The molecule has 0 bridgehead atoms. The number of hydrogen-bond acceptors (Lipinski definition) is 5. The summed E-state index contributed by atoms with van der Waals surface area (Å²) in [6.07, 6.45) is 5.06. The van der Waals surface area contributed by atoms with Gasteiger partial charge in [-0.1, -0.05) is 29.8 Å². The van der Waals surface area contributed by atoms with Crippen molar-refractivity contribution in [3.63, 3.8) is 0 Å². The lowest BCUT2D eigenvalue weighted by atomic mass is 9.90. The van der Waals surface area contributed by atoms with Crippen LogP contribution in [0.1, 0.15) is 48.2 Å². The Labute approximate surface area is 219 Å². The summed E-state index contributed by atoms with van der Waals surface area (Å²) in [4.78, 5) is 9.58. The van der Waals surface area contributed by atoms with Gasteiger partial charge in [-0.15, -0.1) is 0 Å². The number of piperazine rings is 1. The number of hydrogen-bond donors (Lipinski definition) is 1. The maximum atomic E-state index is 10.6. The number of nitrogens with zero attached hydrogens (tertiary/aromatic N) is 3. The fourth-order valence-electron chi connectivity index (χ4n) is 5.13. The van der Waals surface area contributed by atoms with Gasteiger partial charge in [0.2, 0.25) is 0 Å². The Bertz CT molecular complexity index is 1270. The van der Waals surface area contributed by atoms with Crippen molar-refractivity contribution in [3.8, 4) is 5.75 Å². The lowest BCUT2D eigenvalue weighted by Gasteiger charge is -2.36. The fraction of sp³-hybridized carbons (Fsp3) is 0.367. The normalized spacial score (nSPS) is 17.4. The summed E-state index contributed by atoms with van der Waals surface area (Å²) in [5, 5.41) is 11.4. The second-order valence-corrected chi connectivity index (χ2v) is 10.7. The number of benzene rings is 2. The minimum absolute atomic E-state index is 0.439. The molecule has 6 heteroatoms. The van der Waals surface area contributed by atoms with E-state index in [1.165, 1.54) is 11.3 Å². The second-order valence-electron chi connectivity index (χ2n) is 10.2. The molecule has 36 heavy (non-hydrogen) atoms. The quantitative estimate of drug-likeness (QED) is 0.476. The SMILES string of the molecule is Cc1cc(Cl)ccc1N1CCN(CCC=C2c3cc(C(C)(C)O)ccc3OCc3ncccc32)CC1. The van der Waals surface area contributed by atoms with Crippen molar-refractivity contribution in [2.75, 3.05) is 37.6 Å². The van der Waals surface area contributed by atoms with Crippen LogP contribution in [-0.2, 0) is 12.2 Å². The van der Waals surface area contributed by atoms with Crippen LogP contribution in [0.4, 0.5) is 5.69 Å². The van der Waals surface area contributed by atoms with Crippen LogP contribution in [0.15, 0.2) is 60.8 Å². The number of rotatable bonds is 5. The summed E-state index contributed by atoms with van der Waals surface area (Å²) in [7, 11) is 0. The summed E-state index contributed by atoms with van der Waals surface area (Å²) in [6.45, 7) is 11.3. The predicted octanol–water partition coefficient (Wildman–Crippen LogP) is 5.81. The minimum Gasteiger partial charge on any atom is -0.487 e. The lowest BCUT2D eigenvalue weighted by molar-refractivity contribution is 0.0785. The average Bonchev–Trinajstić information content (AvgIpc) is 3.01. The highest BCUT2D eigenvalue weighted by atomic mass is 35.5. The topological polar surface area (TPSA) is 48.8 Å². The Morgan fingerprint density at radius 1 is 1.06 bits per heavy atom. The molecule has 2 aromatic carbocycles. The minimum atomic E-state index is -0.924. The summed E-state index contributed by atoms with van der Waals surface area (Å²) in [5.41, 5.74) is 6.65. The molecule has 2 aliphatic heterocycles. The van der Waals surface area contributed by atoms with E-state index >= 15 is 0 Å². The number of fused-ring (bicyclic) bond motifs is 2. The molecule has 0 atom stereocenters. The smallest absolute Gasteiger partial charge is 0.131 e. The van der Waals surface area contributed by atoms with Crippen LogP contribution in [0.25, 0.3) is 5.57 Å². The van der Waals surface area contributed by atoms with E-state index in [1.807, 2.05) is 50.4 Å². The van der Waals surface area contributed by atoms with Crippen molar-refractivity contribution >= 4 is 22.9 Å². The molecule has 3 aromatic rings. The van der Waals surface area contributed by atoms with E-state index in [9.17, 15) is 5.11 Å². The van der Waals surface area contributed by atoms with E-state index in [4.69, 9.17) is 16.3 Å². The number of halogens is 1. The van der Waals surface area contributed by atoms with Gasteiger partial charge in [-0.2, -0.15) is 0 Å². The number of pyridine rings is 1. The Balaban J connectivity index is 1.33.